The summed E-state index contributed by atoms with van der Waals surface area (Å²) in [6.07, 6.45) is 1.33. The first-order valence-electron chi connectivity index (χ1n) is 2.88. The lowest BCUT2D eigenvalue weighted by Gasteiger charge is -1.95. The quantitative estimate of drug-likeness (QED) is 0.470. The summed E-state index contributed by atoms with van der Waals surface area (Å²) in [6, 6.07) is 2.57. The van der Waals surface area contributed by atoms with Crippen LogP contribution in [0.5, 0.6) is 5.88 Å². The number of aromatic nitrogens is 1. The third-order valence-electron chi connectivity index (χ3n) is 1.14. The van der Waals surface area contributed by atoms with Crippen LogP contribution in [0.1, 0.15) is 0 Å². The Kier molecular flexibility index (Phi) is 2.00. The van der Waals surface area contributed by atoms with E-state index in [1.165, 1.54) is 25.4 Å². The minimum atomic E-state index is -0.496. The molecule has 0 fully saturated rings. The van der Waals surface area contributed by atoms with Gasteiger partial charge in [-0.3, -0.25) is 10.1 Å². The molecule has 0 radical (unpaired) electrons. The van der Waals surface area contributed by atoms with Gasteiger partial charge >= 0.3 is 0 Å². The van der Waals surface area contributed by atoms with Gasteiger partial charge in [-0.2, -0.15) is 0 Å². The highest BCUT2D eigenvalue weighted by molar-refractivity contribution is 5.32. The number of hydrogen-bond donors (Lipinski definition) is 0. The van der Waals surface area contributed by atoms with Crippen molar-refractivity contribution >= 4 is 5.69 Å². The van der Waals surface area contributed by atoms with E-state index in [9.17, 15) is 10.1 Å². The second-order valence-electron chi connectivity index (χ2n) is 1.81. The minimum absolute atomic E-state index is 0.0168. The lowest BCUT2D eigenvalue weighted by Crippen LogP contribution is -1.91. The lowest BCUT2D eigenvalue weighted by molar-refractivity contribution is -0.385. The van der Waals surface area contributed by atoms with Crippen LogP contribution in [0.25, 0.3) is 0 Å². The molecule has 0 aromatic carbocycles. The Morgan fingerprint density at radius 3 is 3.00 bits per heavy atom. The fourth-order valence-electron chi connectivity index (χ4n) is 0.624. The monoisotopic (exact) mass is 154 g/mol. The molecule has 0 aliphatic heterocycles. The highest BCUT2D eigenvalue weighted by Gasteiger charge is 2.05. The maximum Gasteiger partial charge on any atom is 0.276 e. The zero-order valence-electron chi connectivity index (χ0n) is 5.85. The van der Waals surface area contributed by atoms with Crippen molar-refractivity contribution in [1.82, 2.24) is 4.98 Å². The van der Waals surface area contributed by atoms with Gasteiger partial charge in [-0.25, -0.2) is 4.98 Å². The highest BCUT2D eigenvalue weighted by Crippen LogP contribution is 2.14. The van der Waals surface area contributed by atoms with Gasteiger partial charge in [0.05, 0.1) is 18.1 Å². The van der Waals surface area contributed by atoms with E-state index in [2.05, 4.69) is 9.72 Å². The van der Waals surface area contributed by atoms with Crippen molar-refractivity contribution in [2.24, 2.45) is 0 Å². The van der Waals surface area contributed by atoms with Gasteiger partial charge < -0.3 is 4.74 Å². The summed E-state index contributed by atoms with van der Waals surface area (Å²) >= 11 is 0. The fourth-order valence-corrected chi connectivity index (χ4v) is 0.624. The first-order valence-corrected chi connectivity index (χ1v) is 2.88. The Bertz CT molecular complexity index is 274. The van der Waals surface area contributed by atoms with Crippen LogP contribution in [0, 0.1) is 10.1 Å². The van der Waals surface area contributed by atoms with E-state index in [0.717, 1.165) is 0 Å². The Morgan fingerprint density at radius 1 is 1.73 bits per heavy atom. The van der Waals surface area contributed by atoms with E-state index in [-0.39, 0.29) is 11.6 Å². The van der Waals surface area contributed by atoms with Crippen LogP contribution in [0.4, 0.5) is 5.69 Å². The highest BCUT2D eigenvalue weighted by atomic mass is 16.6. The van der Waals surface area contributed by atoms with Gasteiger partial charge in [0.15, 0.2) is 0 Å². The predicted molar refractivity (Wildman–Crippen MR) is 37.4 cm³/mol. The number of hydrogen-bond acceptors (Lipinski definition) is 4. The predicted octanol–water partition coefficient (Wildman–Crippen LogP) is 0.998. The average molecular weight is 154 g/mol. The molecule has 0 spiro atoms. The van der Waals surface area contributed by atoms with E-state index in [4.69, 9.17) is 0 Å². The zero-order chi connectivity index (χ0) is 8.27. The number of pyridine rings is 1. The topological polar surface area (TPSA) is 65.3 Å². The molecule has 0 amide bonds. The lowest BCUT2D eigenvalue weighted by atomic mass is 10.4. The van der Waals surface area contributed by atoms with Crippen molar-refractivity contribution in [2.75, 3.05) is 7.11 Å². The van der Waals surface area contributed by atoms with E-state index in [1.807, 2.05) is 0 Å². The van der Waals surface area contributed by atoms with Gasteiger partial charge in [0, 0.05) is 12.3 Å². The Morgan fingerprint density at radius 2 is 2.45 bits per heavy atom. The van der Waals surface area contributed by atoms with E-state index in [1.54, 1.807) is 0 Å². The van der Waals surface area contributed by atoms with Crippen LogP contribution in [0.2, 0.25) is 0 Å². The molecule has 11 heavy (non-hydrogen) atoms. The number of methoxy groups -OCH3 is 1. The Labute approximate surface area is 62.8 Å². The Hall–Kier alpha value is -1.65. The SMILES string of the molecule is COc1cc([N+](=O)[O-])ccn1. The number of ether oxygens (including phenoxy) is 1. The smallest absolute Gasteiger partial charge is 0.276 e. The van der Waals surface area contributed by atoms with Gasteiger partial charge in [0.25, 0.3) is 5.69 Å². The summed E-state index contributed by atoms with van der Waals surface area (Å²) in [4.78, 5) is 13.4. The molecular formula is C6H6N2O3. The summed E-state index contributed by atoms with van der Waals surface area (Å²) < 4.78 is 4.69. The molecule has 58 valence electrons. The van der Waals surface area contributed by atoms with Gasteiger partial charge in [0.1, 0.15) is 0 Å². The Balaban J connectivity index is 3.01. The fraction of sp³-hybridized carbons (Fsp3) is 0.167. The molecule has 0 saturated heterocycles. The third-order valence-corrected chi connectivity index (χ3v) is 1.14. The summed E-state index contributed by atoms with van der Waals surface area (Å²) in [5, 5.41) is 10.2. The summed E-state index contributed by atoms with van der Waals surface area (Å²) in [5.41, 5.74) is -0.0168. The van der Waals surface area contributed by atoms with Crippen molar-refractivity contribution < 1.29 is 9.66 Å². The number of rotatable bonds is 2. The molecule has 5 heteroatoms. The largest absolute Gasteiger partial charge is 0.481 e. The van der Waals surface area contributed by atoms with Crippen LogP contribution in [0.3, 0.4) is 0 Å². The normalized spacial score (nSPS) is 9.18. The molecule has 1 rings (SSSR count). The van der Waals surface area contributed by atoms with Crippen molar-refractivity contribution in [3.8, 4) is 5.88 Å². The number of nitro groups is 1. The molecule has 1 aromatic rings. The molecule has 0 saturated carbocycles. The van der Waals surface area contributed by atoms with Gasteiger partial charge in [-0.15, -0.1) is 0 Å². The average Bonchev–Trinajstić information content (AvgIpc) is 2.05. The van der Waals surface area contributed by atoms with E-state index >= 15 is 0 Å². The second kappa shape index (κ2) is 2.96. The van der Waals surface area contributed by atoms with Crippen molar-refractivity contribution in [3.05, 3.63) is 28.4 Å². The zero-order valence-corrected chi connectivity index (χ0v) is 5.85. The van der Waals surface area contributed by atoms with E-state index in [0.29, 0.717) is 0 Å². The molecule has 1 heterocycles. The second-order valence-corrected chi connectivity index (χ2v) is 1.81. The first-order chi connectivity index (χ1) is 5.24. The van der Waals surface area contributed by atoms with Crippen molar-refractivity contribution in [2.45, 2.75) is 0 Å². The molecule has 0 unspecified atom stereocenters. The molecule has 5 nitrogen and oxygen atoms in total. The first kappa shape index (κ1) is 7.46. The third kappa shape index (κ3) is 1.64. The van der Waals surface area contributed by atoms with Crippen molar-refractivity contribution in [1.29, 1.82) is 0 Å². The van der Waals surface area contributed by atoms with Crippen LogP contribution in [-0.4, -0.2) is 17.0 Å². The van der Waals surface area contributed by atoms with Gasteiger partial charge in [-0.05, 0) is 0 Å². The van der Waals surface area contributed by atoms with Crippen molar-refractivity contribution in [3.63, 3.8) is 0 Å². The molecule has 0 N–H and O–H groups in total. The molecule has 0 bridgehead atoms. The maximum atomic E-state index is 10.2. The van der Waals surface area contributed by atoms with Gasteiger partial charge in [-0.1, -0.05) is 0 Å². The van der Waals surface area contributed by atoms with E-state index < -0.39 is 4.92 Å². The molecule has 0 aliphatic rings. The summed E-state index contributed by atoms with van der Waals surface area (Å²) in [5.74, 6) is 0.249. The van der Waals surface area contributed by atoms with Crippen LogP contribution >= 0.6 is 0 Å². The molecule has 0 atom stereocenters. The molecule has 1 aromatic heterocycles. The van der Waals surface area contributed by atoms with Crippen LogP contribution < -0.4 is 4.74 Å². The molecule has 0 aliphatic carbocycles. The molecular weight excluding hydrogens is 148 g/mol. The van der Waals surface area contributed by atoms with Gasteiger partial charge in [0.2, 0.25) is 5.88 Å². The number of nitrogens with zero attached hydrogens (tertiary/aromatic N) is 2. The maximum absolute atomic E-state index is 10.2. The van der Waals surface area contributed by atoms with Crippen LogP contribution in [0.15, 0.2) is 18.3 Å². The summed E-state index contributed by atoms with van der Waals surface area (Å²) in [7, 11) is 1.41. The summed E-state index contributed by atoms with van der Waals surface area (Å²) in [6.45, 7) is 0. The standard InChI is InChI=1S/C6H6N2O3/c1-11-6-4-5(8(9)10)2-3-7-6/h2-4H,1H3. The van der Waals surface area contributed by atoms with Crippen LogP contribution in [-0.2, 0) is 0 Å². The minimum Gasteiger partial charge on any atom is -0.481 e.